The van der Waals surface area contributed by atoms with Crippen LogP contribution in [-0.4, -0.2) is 25.9 Å². The molecule has 2 aromatic carbocycles. The Morgan fingerprint density at radius 2 is 1.93 bits per heavy atom. The molecule has 0 unspecified atom stereocenters. The first-order chi connectivity index (χ1) is 13.7. The molecule has 0 amide bonds. The van der Waals surface area contributed by atoms with Gasteiger partial charge in [-0.25, -0.2) is 22.9 Å². The highest BCUT2D eigenvalue weighted by molar-refractivity contribution is 7.89. The van der Waals surface area contributed by atoms with Crippen molar-refractivity contribution < 1.29 is 17.9 Å². The minimum Gasteiger partial charge on any atom is -0.455 e. The Kier molecular flexibility index (Phi) is 6.80. The van der Waals surface area contributed by atoms with Crippen LogP contribution in [0, 0.1) is 5.92 Å². The summed E-state index contributed by atoms with van der Waals surface area (Å²) in [5.41, 5.74) is 0.736. The first-order valence-corrected chi connectivity index (χ1v) is 11.7. The lowest BCUT2D eigenvalue weighted by Gasteiger charge is -2.12. The summed E-state index contributed by atoms with van der Waals surface area (Å²) in [5, 5.41) is 0.553. The number of para-hydroxylation sites is 1. The number of hydrogen-bond acceptors (Lipinski definition) is 6. The molecule has 0 saturated carbocycles. The first kappa shape index (κ1) is 22.0. The molecule has 0 atom stereocenters. The number of carbonyl (C=O) groups is 1. The number of aromatic nitrogens is 1. The molecule has 0 bridgehead atoms. The van der Waals surface area contributed by atoms with E-state index in [1.807, 2.05) is 38.1 Å². The number of nitrogens with zero attached hydrogens (tertiary/aromatic N) is 1. The minimum atomic E-state index is -3.90. The Morgan fingerprint density at radius 3 is 2.62 bits per heavy atom. The van der Waals surface area contributed by atoms with Gasteiger partial charge < -0.3 is 4.74 Å². The van der Waals surface area contributed by atoms with Crippen LogP contribution in [0.15, 0.2) is 41.3 Å². The van der Waals surface area contributed by atoms with E-state index in [2.05, 4.69) is 9.71 Å². The molecular formula is C19H18Cl2N2O4S2. The van der Waals surface area contributed by atoms with Crippen molar-refractivity contribution in [3.63, 3.8) is 0 Å². The number of fused-ring (bicyclic) bond motifs is 1. The predicted molar refractivity (Wildman–Crippen MR) is 115 cm³/mol. The fourth-order valence-corrected chi connectivity index (χ4v) is 5.37. The molecule has 0 saturated heterocycles. The van der Waals surface area contributed by atoms with Gasteiger partial charge in [-0.15, -0.1) is 11.3 Å². The monoisotopic (exact) mass is 472 g/mol. The third-order valence-corrected chi connectivity index (χ3v) is 7.09. The molecule has 6 nitrogen and oxygen atoms in total. The Labute approximate surface area is 182 Å². The summed E-state index contributed by atoms with van der Waals surface area (Å²) in [6.07, 6.45) is 0. The number of sulfonamides is 1. The highest BCUT2D eigenvalue weighted by Gasteiger charge is 2.23. The van der Waals surface area contributed by atoms with Crippen molar-refractivity contribution in [3.8, 4) is 0 Å². The third-order valence-electron chi connectivity index (χ3n) is 3.88. The normalized spacial score (nSPS) is 11.9. The van der Waals surface area contributed by atoms with E-state index in [4.69, 9.17) is 27.9 Å². The van der Waals surface area contributed by atoms with E-state index in [9.17, 15) is 13.2 Å². The summed E-state index contributed by atoms with van der Waals surface area (Å²) >= 11 is 13.6. The molecule has 0 aliphatic carbocycles. The Balaban J connectivity index is 1.80. The summed E-state index contributed by atoms with van der Waals surface area (Å²) in [7, 11) is -3.90. The van der Waals surface area contributed by atoms with Crippen LogP contribution < -0.4 is 4.72 Å². The zero-order valence-electron chi connectivity index (χ0n) is 15.6. The van der Waals surface area contributed by atoms with Crippen LogP contribution in [0.1, 0.15) is 29.2 Å². The molecule has 0 spiro atoms. The quantitative estimate of drug-likeness (QED) is 0.494. The molecule has 154 valence electrons. The van der Waals surface area contributed by atoms with E-state index in [1.54, 1.807) is 0 Å². The fraction of sp³-hybridized carbons (Fsp3) is 0.263. The van der Waals surface area contributed by atoms with Crippen molar-refractivity contribution in [2.24, 2.45) is 5.92 Å². The van der Waals surface area contributed by atoms with Crippen LogP contribution in [0.3, 0.4) is 0 Å². The lowest BCUT2D eigenvalue weighted by Crippen LogP contribution is -2.28. The third kappa shape index (κ3) is 5.26. The van der Waals surface area contributed by atoms with Crippen LogP contribution in [0.4, 0.5) is 0 Å². The molecule has 0 fully saturated rings. The number of benzene rings is 2. The van der Waals surface area contributed by atoms with Crippen molar-refractivity contribution in [2.45, 2.75) is 25.3 Å². The van der Waals surface area contributed by atoms with Crippen molar-refractivity contribution in [2.75, 3.05) is 6.54 Å². The summed E-state index contributed by atoms with van der Waals surface area (Å²) in [5.74, 6) is -0.652. The van der Waals surface area contributed by atoms with Gasteiger partial charge >= 0.3 is 5.97 Å². The molecule has 10 heteroatoms. The molecule has 1 heterocycles. The SMILES string of the molecule is CC(C)CNS(=O)(=O)c1cc(C(=O)OCc2nc3ccccc3s2)c(Cl)cc1Cl. The lowest BCUT2D eigenvalue weighted by molar-refractivity contribution is 0.0472. The maximum absolute atomic E-state index is 12.5. The zero-order chi connectivity index (χ0) is 21.2. The predicted octanol–water partition coefficient (Wildman–Crippen LogP) is 4.89. The number of thiazole rings is 1. The van der Waals surface area contributed by atoms with Gasteiger partial charge in [0.15, 0.2) is 0 Å². The number of nitrogens with one attached hydrogen (secondary N) is 1. The number of esters is 1. The van der Waals surface area contributed by atoms with Crippen LogP contribution in [0.2, 0.25) is 10.0 Å². The van der Waals surface area contributed by atoms with Crippen molar-refractivity contribution in [1.82, 2.24) is 9.71 Å². The van der Waals surface area contributed by atoms with Gasteiger partial charge in [0.25, 0.3) is 0 Å². The summed E-state index contributed by atoms with van der Waals surface area (Å²) in [4.78, 5) is 16.7. The van der Waals surface area contributed by atoms with Gasteiger partial charge in [0.2, 0.25) is 10.0 Å². The minimum absolute atomic E-state index is 0.00658. The molecule has 3 rings (SSSR count). The molecule has 0 radical (unpaired) electrons. The molecule has 1 aromatic heterocycles. The standard InChI is InChI=1S/C19H18Cl2N2O4S2/c1-11(2)9-22-29(25,26)17-7-12(13(20)8-14(17)21)19(24)27-10-18-23-15-5-3-4-6-16(15)28-18/h3-8,11,22H,9-10H2,1-2H3. The maximum atomic E-state index is 12.5. The lowest BCUT2D eigenvalue weighted by atomic mass is 10.2. The van der Waals surface area contributed by atoms with Gasteiger partial charge in [0.1, 0.15) is 16.5 Å². The van der Waals surface area contributed by atoms with E-state index in [1.165, 1.54) is 17.4 Å². The number of hydrogen-bond donors (Lipinski definition) is 1. The summed E-state index contributed by atoms with van der Waals surface area (Å²) in [6.45, 7) is 3.93. The Morgan fingerprint density at radius 1 is 1.21 bits per heavy atom. The number of halogens is 2. The first-order valence-electron chi connectivity index (χ1n) is 8.67. The van der Waals surface area contributed by atoms with Gasteiger partial charge in [-0.3, -0.25) is 0 Å². The summed E-state index contributed by atoms with van der Waals surface area (Å²) < 4.78 is 33.8. The molecule has 29 heavy (non-hydrogen) atoms. The van der Waals surface area contributed by atoms with Crippen LogP contribution in [0.25, 0.3) is 10.2 Å². The second kappa shape index (κ2) is 8.97. The number of rotatable bonds is 7. The average molecular weight is 473 g/mol. The van der Waals surface area contributed by atoms with Crippen molar-refractivity contribution in [1.29, 1.82) is 0 Å². The molecule has 3 aromatic rings. The van der Waals surface area contributed by atoms with Gasteiger partial charge in [0.05, 0.1) is 25.8 Å². The molecule has 0 aliphatic rings. The Hall–Kier alpha value is -1.71. The molecule has 0 aliphatic heterocycles. The van der Waals surface area contributed by atoms with Gasteiger partial charge in [-0.2, -0.15) is 0 Å². The van der Waals surface area contributed by atoms with Crippen molar-refractivity contribution >= 4 is 60.7 Å². The zero-order valence-corrected chi connectivity index (χ0v) is 18.8. The molecular weight excluding hydrogens is 455 g/mol. The number of carbonyl (C=O) groups excluding carboxylic acids is 1. The maximum Gasteiger partial charge on any atom is 0.340 e. The Bertz CT molecular complexity index is 1130. The second-order valence-corrected chi connectivity index (χ2v) is 10.3. The van der Waals surface area contributed by atoms with E-state index in [-0.39, 0.29) is 39.6 Å². The van der Waals surface area contributed by atoms with E-state index < -0.39 is 16.0 Å². The average Bonchev–Trinajstić information content (AvgIpc) is 3.07. The second-order valence-electron chi connectivity index (χ2n) is 6.66. The number of ether oxygens (including phenoxy) is 1. The summed E-state index contributed by atoms with van der Waals surface area (Å²) in [6, 6.07) is 9.93. The van der Waals surface area contributed by atoms with Crippen LogP contribution in [-0.2, 0) is 21.4 Å². The smallest absolute Gasteiger partial charge is 0.340 e. The fourth-order valence-electron chi connectivity index (χ4n) is 2.43. The van der Waals surface area contributed by atoms with Crippen molar-refractivity contribution in [3.05, 3.63) is 57.0 Å². The van der Waals surface area contributed by atoms with Gasteiger partial charge in [-0.05, 0) is 30.2 Å². The van der Waals surface area contributed by atoms with E-state index in [0.717, 1.165) is 16.3 Å². The highest BCUT2D eigenvalue weighted by Crippen LogP contribution is 2.30. The van der Waals surface area contributed by atoms with Crippen LogP contribution in [0.5, 0.6) is 0 Å². The highest BCUT2D eigenvalue weighted by atomic mass is 35.5. The van der Waals surface area contributed by atoms with Crippen LogP contribution >= 0.6 is 34.5 Å². The largest absolute Gasteiger partial charge is 0.455 e. The van der Waals surface area contributed by atoms with E-state index in [0.29, 0.717) is 5.01 Å². The van der Waals surface area contributed by atoms with Gasteiger partial charge in [-0.1, -0.05) is 49.2 Å². The molecule has 1 N–H and O–H groups in total. The topological polar surface area (TPSA) is 85.4 Å². The van der Waals surface area contributed by atoms with E-state index >= 15 is 0 Å². The van der Waals surface area contributed by atoms with Gasteiger partial charge in [0, 0.05) is 6.54 Å².